The molecule has 1 aliphatic carbocycles. The maximum absolute atomic E-state index is 12.2. The quantitative estimate of drug-likeness (QED) is 0.810. The Bertz CT molecular complexity index is 735. The van der Waals surface area contributed by atoms with Crippen molar-refractivity contribution in [3.63, 3.8) is 0 Å². The van der Waals surface area contributed by atoms with Gasteiger partial charge in [0, 0.05) is 32.2 Å². The van der Waals surface area contributed by atoms with Crippen molar-refractivity contribution < 1.29 is 4.79 Å². The van der Waals surface area contributed by atoms with Crippen molar-refractivity contribution in [1.29, 1.82) is 0 Å². The summed E-state index contributed by atoms with van der Waals surface area (Å²) in [5, 5.41) is 15.2. The lowest BCUT2D eigenvalue weighted by molar-refractivity contribution is -0.126. The van der Waals surface area contributed by atoms with Crippen molar-refractivity contribution in [1.82, 2.24) is 35.3 Å². The van der Waals surface area contributed by atoms with E-state index in [2.05, 4.69) is 30.6 Å². The van der Waals surface area contributed by atoms with E-state index in [9.17, 15) is 4.79 Å². The van der Waals surface area contributed by atoms with E-state index in [0.717, 1.165) is 50.5 Å². The van der Waals surface area contributed by atoms with Gasteiger partial charge in [-0.05, 0) is 42.3 Å². The van der Waals surface area contributed by atoms with Crippen LogP contribution in [0.15, 0.2) is 30.3 Å². The van der Waals surface area contributed by atoms with E-state index >= 15 is 0 Å². The lowest BCUT2D eigenvalue weighted by Gasteiger charge is -2.37. The van der Waals surface area contributed by atoms with Crippen molar-refractivity contribution in [2.75, 3.05) is 26.2 Å². The molecule has 1 aromatic heterocycles. The SMILES string of the molecule is CC(C(=O)NC1CC1)N1CCN(Cc2nnnn2-c2ccccc2)CC1. The zero-order chi connectivity index (χ0) is 17.9. The van der Waals surface area contributed by atoms with Crippen LogP contribution in [0, 0.1) is 0 Å². The van der Waals surface area contributed by atoms with Crippen LogP contribution in [0.1, 0.15) is 25.6 Å². The lowest BCUT2D eigenvalue weighted by Crippen LogP contribution is -2.54. The van der Waals surface area contributed by atoms with Crippen LogP contribution in [-0.2, 0) is 11.3 Å². The molecule has 2 aliphatic rings. The van der Waals surface area contributed by atoms with Crippen molar-refractivity contribution in [3.05, 3.63) is 36.2 Å². The molecule has 1 aromatic carbocycles. The minimum Gasteiger partial charge on any atom is -0.352 e. The van der Waals surface area contributed by atoms with Gasteiger partial charge in [0.05, 0.1) is 18.3 Å². The molecule has 1 aliphatic heterocycles. The molecule has 2 fully saturated rings. The summed E-state index contributed by atoms with van der Waals surface area (Å²) >= 11 is 0. The maximum Gasteiger partial charge on any atom is 0.237 e. The predicted molar refractivity (Wildman–Crippen MR) is 96.6 cm³/mol. The van der Waals surface area contributed by atoms with Crippen molar-refractivity contribution in [3.8, 4) is 5.69 Å². The summed E-state index contributed by atoms with van der Waals surface area (Å²) < 4.78 is 1.79. The molecule has 2 aromatic rings. The average molecular weight is 355 g/mol. The second-order valence-corrected chi connectivity index (χ2v) is 7.11. The van der Waals surface area contributed by atoms with Gasteiger partial charge in [-0.3, -0.25) is 14.6 Å². The summed E-state index contributed by atoms with van der Waals surface area (Å²) in [5.41, 5.74) is 0.969. The normalized spacial score (nSPS) is 20.0. The Balaban J connectivity index is 1.32. The second-order valence-electron chi connectivity index (χ2n) is 7.11. The molecular formula is C18H25N7O. The third-order valence-corrected chi connectivity index (χ3v) is 5.16. The minimum atomic E-state index is -0.0626. The number of aromatic nitrogens is 4. The highest BCUT2D eigenvalue weighted by Gasteiger charge is 2.30. The van der Waals surface area contributed by atoms with Gasteiger partial charge in [0.15, 0.2) is 5.82 Å². The molecule has 138 valence electrons. The van der Waals surface area contributed by atoms with Gasteiger partial charge < -0.3 is 5.32 Å². The Hall–Kier alpha value is -2.32. The lowest BCUT2D eigenvalue weighted by atomic mass is 10.2. The molecule has 8 heteroatoms. The highest BCUT2D eigenvalue weighted by atomic mass is 16.2. The number of tetrazole rings is 1. The summed E-state index contributed by atoms with van der Waals surface area (Å²) in [4.78, 5) is 16.8. The van der Waals surface area contributed by atoms with Gasteiger partial charge in [0.2, 0.25) is 5.91 Å². The fraction of sp³-hybridized carbons (Fsp3) is 0.556. The standard InChI is InChI=1S/C18H25N7O/c1-14(18(26)19-15-7-8-15)24-11-9-23(10-12-24)13-17-20-21-22-25(17)16-5-3-2-4-6-16/h2-6,14-15H,7-13H2,1H3,(H,19,26). The van der Waals surface area contributed by atoms with E-state index in [1.165, 1.54) is 0 Å². The van der Waals surface area contributed by atoms with Crippen LogP contribution in [-0.4, -0.2) is 74.2 Å². The largest absolute Gasteiger partial charge is 0.352 e. The number of nitrogens with zero attached hydrogens (tertiary/aromatic N) is 6. The Morgan fingerprint density at radius 3 is 2.62 bits per heavy atom. The van der Waals surface area contributed by atoms with Crippen LogP contribution < -0.4 is 5.32 Å². The molecule has 1 saturated heterocycles. The average Bonchev–Trinajstić information content (AvgIpc) is 3.37. The Morgan fingerprint density at radius 2 is 1.92 bits per heavy atom. The number of carbonyl (C=O) groups excluding carboxylic acids is 1. The van der Waals surface area contributed by atoms with Gasteiger partial charge in [-0.25, -0.2) is 0 Å². The molecule has 8 nitrogen and oxygen atoms in total. The molecule has 1 N–H and O–H groups in total. The molecule has 4 rings (SSSR count). The number of benzene rings is 1. The van der Waals surface area contributed by atoms with E-state index in [4.69, 9.17) is 0 Å². The molecule has 0 radical (unpaired) electrons. The van der Waals surface area contributed by atoms with Crippen LogP contribution in [0.25, 0.3) is 5.69 Å². The number of hydrogen-bond acceptors (Lipinski definition) is 6. The first-order chi connectivity index (χ1) is 12.7. The Kier molecular flexibility index (Phi) is 4.94. The summed E-state index contributed by atoms with van der Waals surface area (Å²) in [5.74, 6) is 0.998. The third kappa shape index (κ3) is 3.91. The molecule has 1 amide bonds. The van der Waals surface area contributed by atoms with Crippen LogP contribution in [0.4, 0.5) is 0 Å². The van der Waals surface area contributed by atoms with Gasteiger partial charge >= 0.3 is 0 Å². The van der Waals surface area contributed by atoms with E-state index in [0.29, 0.717) is 12.6 Å². The number of para-hydroxylation sites is 1. The van der Waals surface area contributed by atoms with E-state index in [-0.39, 0.29) is 11.9 Å². The van der Waals surface area contributed by atoms with Crippen LogP contribution in [0.2, 0.25) is 0 Å². The molecule has 0 bridgehead atoms. The maximum atomic E-state index is 12.2. The van der Waals surface area contributed by atoms with Gasteiger partial charge in [0.1, 0.15) is 0 Å². The van der Waals surface area contributed by atoms with E-state index in [1.807, 2.05) is 37.3 Å². The zero-order valence-electron chi connectivity index (χ0n) is 15.1. The first-order valence-corrected chi connectivity index (χ1v) is 9.30. The highest BCUT2D eigenvalue weighted by molar-refractivity contribution is 5.81. The van der Waals surface area contributed by atoms with E-state index < -0.39 is 0 Å². The number of hydrogen-bond donors (Lipinski definition) is 1. The van der Waals surface area contributed by atoms with Gasteiger partial charge in [-0.2, -0.15) is 4.68 Å². The van der Waals surface area contributed by atoms with E-state index in [1.54, 1.807) is 4.68 Å². The molecular weight excluding hydrogens is 330 g/mol. The van der Waals surface area contributed by atoms with Gasteiger partial charge in [0.25, 0.3) is 0 Å². The summed E-state index contributed by atoms with van der Waals surface area (Å²) in [6, 6.07) is 10.3. The fourth-order valence-electron chi connectivity index (χ4n) is 3.30. The molecule has 2 heterocycles. The number of rotatable bonds is 6. The van der Waals surface area contributed by atoms with Crippen molar-refractivity contribution >= 4 is 5.91 Å². The summed E-state index contributed by atoms with van der Waals surface area (Å²) in [6.45, 7) is 6.28. The molecule has 1 unspecified atom stereocenters. The number of carbonyl (C=O) groups is 1. The topological polar surface area (TPSA) is 79.2 Å². The Morgan fingerprint density at radius 1 is 1.19 bits per heavy atom. The van der Waals surface area contributed by atoms with Gasteiger partial charge in [-0.1, -0.05) is 18.2 Å². The number of nitrogens with one attached hydrogen (secondary N) is 1. The monoisotopic (exact) mass is 355 g/mol. The van der Waals surface area contributed by atoms with Crippen LogP contribution in [0.3, 0.4) is 0 Å². The first kappa shape index (κ1) is 17.1. The molecule has 0 spiro atoms. The predicted octanol–water partition coefficient (Wildman–Crippen LogP) is 0.447. The number of piperazine rings is 1. The molecule has 1 atom stereocenters. The summed E-state index contributed by atoms with van der Waals surface area (Å²) in [6.07, 6.45) is 2.25. The van der Waals surface area contributed by atoms with Crippen molar-refractivity contribution in [2.24, 2.45) is 0 Å². The van der Waals surface area contributed by atoms with Crippen molar-refractivity contribution in [2.45, 2.75) is 38.4 Å². The molecule has 1 saturated carbocycles. The minimum absolute atomic E-state index is 0.0626. The number of amides is 1. The third-order valence-electron chi connectivity index (χ3n) is 5.16. The second kappa shape index (κ2) is 7.51. The van der Waals surface area contributed by atoms with Crippen LogP contribution in [0.5, 0.6) is 0 Å². The first-order valence-electron chi connectivity index (χ1n) is 9.30. The smallest absolute Gasteiger partial charge is 0.237 e. The summed E-state index contributed by atoms with van der Waals surface area (Å²) in [7, 11) is 0. The molecule has 26 heavy (non-hydrogen) atoms. The van der Waals surface area contributed by atoms with Crippen LogP contribution >= 0.6 is 0 Å². The van der Waals surface area contributed by atoms with Gasteiger partial charge in [-0.15, -0.1) is 5.10 Å². The Labute approximate surface area is 153 Å². The zero-order valence-corrected chi connectivity index (χ0v) is 15.1. The highest BCUT2D eigenvalue weighted by Crippen LogP contribution is 2.19. The fourth-order valence-corrected chi connectivity index (χ4v) is 3.30.